The van der Waals surface area contributed by atoms with Crippen molar-refractivity contribution in [3.63, 3.8) is 0 Å². The molecule has 118 valence electrons. The van der Waals surface area contributed by atoms with Crippen LogP contribution in [0, 0.1) is 5.92 Å². The van der Waals surface area contributed by atoms with Gasteiger partial charge in [0.1, 0.15) is 5.82 Å². The van der Waals surface area contributed by atoms with Gasteiger partial charge in [0.25, 0.3) is 0 Å². The van der Waals surface area contributed by atoms with Crippen molar-refractivity contribution in [3.8, 4) is 0 Å². The van der Waals surface area contributed by atoms with Crippen molar-refractivity contribution >= 4 is 35.8 Å². The highest BCUT2D eigenvalue weighted by atomic mass is 127. The van der Waals surface area contributed by atoms with Crippen LogP contribution in [0.3, 0.4) is 0 Å². The predicted molar refractivity (Wildman–Crippen MR) is 99.3 cm³/mol. The van der Waals surface area contributed by atoms with Gasteiger partial charge in [0.2, 0.25) is 0 Å². The number of rotatable bonds is 3. The Kier molecular flexibility index (Phi) is 7.21. The molecule has 1 fully saturated rings. The molecule has 1 unspecified atom stereocenters. The summed E-state index contributed by atoms with van der Waals surface area (Å²) in [7, 11) is 3.97. The third-order valence-corrected chi connectivity index (χ3v) is 3.63. The lowest BCUT2D eigenvalue weighted by molar-refractivity contribution is 0.270. The summed E-state index contributed by atoms with van der Waals surface area (Å²) in [6.45, 7) is 4.84. The van der Waals surface area contributed by atoms with Gasteiger partial charge >= 0.3 is 0 Å². The van der Waals surface area contributed by atoms with E-state index < -0.39 is 0 Å². The molecule has 2 heterocycles. The number of pyridine rings is 1. The topological polar surface area (TPSA) is 57.8 Å². The van der Waals surface area contributed by atoms with Crippen LogP contribution >= 0.6 is 24.0 Å². The Morgan fingerprint density at radius 3 is 2.90 bits per heavy atom. The number of aliphatic imine (C=N–C) groups is 1. The molecule has 0 amide bonds. The van der Waals surface area contributed by atoms with Crippen molar-refractivity contribution < 1.29 is 0 Å². The molecular weight excluding hydrogens is 377 g/mol. The second kappa shape index (κ2) is 8.41. The lowest BCUT2D eigenvalue weighted by Crippen LogP contribution is -2.43. The molecular formula is C15H26IN5. The van der Waals surface area contributed by atoms with Gasteiger partial charge in [-0.15, -0.1) is 24.0 Å². The van der Waals surface area contributed by atoms with Gasteiger partial charge in [0.15, 0.2) is 5.96 Å². The van der Waals surface area contributed by atoms with Gasteiger partial charge in [0, 0.05) is 27.2 Å². The molecule has 1 aromatic heterocycles. The first kappa shape index (κ1) is 18.0. The summed E-state index contributed by atoms with van der Waals surface area (Å²) in [4.78, 5) is 13.2. The summed E-state index contributed by atoms with van der Waals surface area (Å²) in [5.74, 6) is 2.30. The molecule has 0 aromatic carbocycles. The number of likely N-dealkylation sites (tertiary alicyclic amines) is 1. The van der Waals surface area contributed by atoms with Gasteiger partial charge in [-0.05, 0) is 30.9 Å². The van der Waals surface area contributed by atoms with Crippen LogP contribution in [0.15, 0.2) is 23.2 Å². The fourth-order valence-electron chi connectivity index (χ4n) is 2.46. The largest absolute Gasteiger partial charge is 0.370 e. The molecule has 2 rings (SSSR count). The summed E-state index contributed by atoms with van der Waals surface area (Å²) in [6, 6.07) is 5.98. The van der Waals surface area contributed by atoms with E-state index >= 15 is 0 Å². The smallest absolute Gasteiger partial charge is 0.191 e. The zero-order valence-electron chi connectivity index (χ0n) is 13.1. The molecule has 6 heteroatoms. The molecule has 0 aliphatic carbocycles. The fourth-order valence-corrected chi connectivity index (χ4v) is 2.46. The zero-order chi connectivity index (χ0) is 14.5. The minimum absolute atomic E-state index is 0. The molecule has 1 saturated heterocycles. The summed E-state index contributed by atoms with van der Waals surface area (Å²) in [5, 5.41) is 0. The van der Waals surface area contributed by atoms with Crippen molar-refractivity contribution in [2.24, 2.45) is 16.6 Å². The number of hydrogen-bond donors (Lipinski definition) is 1. The van der Waals surface area contributed by atoms with Crippen molar-refractivity contribution in [3.05, 3.63) is 23.9 Å². The van der Waals surface area contributed by atoms with Crippen LogP contribution in [-0.2, 0) is 6.54 Å². The molecule has 0 bridgehead atoms. The first-order chi connectivity index (χ1) is 9.56. The Hall–Kier alpha value is -1.05. The molecule has 1 aromatic rings. The van der Waals surface area contributed by atoms with Gasteiger partial charge in [-0.1, -0.05) is 13.0 Å². The molecule has 21 heavy (non-hydrogen) atoms. The molecule has 1 atom stereocenters. The molecule has 5 nitrogen and oxygen atoms in total. The monoisotopic (exact) mass is 403 g/mol. The predicted octanol–water partition coefficient (Wildman–Crippen LogP) is 2.31. The molecule has 0 radical (unpaired) electrons. The van der Waals surface area contributed by atoms with E-state index in [0.717, 1.165) is 24.6 Å². The Morgan fingerprint density at radius 1 is 1.48 bits per heavy atom. The zero-order valence-corrected chi connectivity index (χ0v) is 15.4. The average molecular weight is 403 g/mol. The SMILES string of the molecule is CC1CCCN(C(N)=NCc2cccc(N(C)C)n2)C1.I. The third-order valence-electron chi connectivity index (χ3n) is 3.63. The van der Waals surface area contributed by atoms with Crippen LogP contribution < -0.4 is 10.6 Å². The number of guanidine groups is 1. The average Bonchev–Trinajstić information content (AvgIpc) is 2.45. The minimum Gasteiger partial charge on any atom is -0.370 e. The van der Waals surface area contributed by atoms with Crippen molar-refractivity contribution in [2.45, 2.75) is 26.3 Å². The van der Waals surface area contributed by atoms with E-state index in [0.29, 0.717) is 18.4 Å². The molecule has 1 aliphatic heterocycles. The summed E-state index contributed by atoms with van der Waals surface area (Å²) in [6.07, 6.45) is 2.49. The molecule has 1 aliphatic rings. The van der Waals surface area contributed by atoms with Crippen LogP contribution in [0.25, 0.3) is 0 Å². The molecule has 0 spiro atoms. The number of aromatic nitrogens is 1. The first-order valence-electron chi connectivity index (χ1n) is 7.24. The molecule has 2 N–H and O–H groups in total. The van der Waals surface area contributed by atoms with Crippen LogP contribution in [0.5, 0.6) is 0 Å². The first-order valence-corrected chi connectivity index (χ1v) is 7.24. The van der Waals surface area contributed by atoms with E-state index in [1.165, 1.54) is 12.8 Å². The van der Waals surface area contributed by atoms with Crippen LogP contribution in [0.1, 0.15) is 25.5 Å². The standard InChI is InChI=1S/C15H25N5.HI/c1-12-6-5-9-20(11-12)15(16)17-10-13-7-4-8-14(18-13)19(2)3;/h4,7-8,12H,5-6,9-11H2,1-3H3,(H2,16,17);1H. The maximum absolute atomic E-state index is 6.09. The van der Waals surface area contributed by atoms with E-state index in [1.807, 2.05) is 37.2 Å². The summed E-state index contributed by atoms with van der Waals surface area (Å²) in [5.41, 5.74) is 7.04. The normalized spacial score (nSPS) is 19.1. The van der Waals surface area contributed by atoms with Crippen molar-refractivity contribution in [2.75, 3.05) is 32.1 Å². The van der Waals surface area contributed by atoms with Crippen LogP contribution in [-0.4, -0.2) is 43.0 Å². The van der Waals surface area contributed by atoms with Gasteiger partial charge in [-0.2, -0.15) is 0 Å². The second-order valence-electron chi connectivity index (χ2n) is 5.75. The van der Waals surface area contributed by atoms with E-state index in [2.05, 4.69) is 21.8 Å². The van der Waals surface area contributed by atoms with Gasteiger partial charge in [-0.25, -0.2) is 9.98 Å². The van der Waals surface area contributed by atoms with Gasteiger partial charge in [-0.3, -0.25) is 0 Å². The Bertz CT molecular complexity index is 475. The number of hydrogen-bond acceptors (Lipinski definition) is 3. The maximum Gasteiger partial charge on any atom is 0.191 e. The lowest BCUT2D eigenvalue weighted by Gasteiger charge is -2.31. The number of nitrogens with two attached hydrogens (primary N) is 1. The minimum atomic E-state index is 0. The van der Waals surface area contributed by atoms with Crippen molar-refractivity contribution in [1.82, 2.24) is 9.88 Å². The third kappa shape index (κ3) is 5.33. The molecule has 0 saturated carbocycles. The lowest BCUT2D eigenvalue weighted by atomic mass is 10.0. The highest BCUT2D eigenvalue weighted by Crippen LogP contribution is 2.15. The van der Waals surface area contributed by atoms with Crippen molar-refractivity contribution in [1.29, 1.82) is 0 Å². The summed E-state index contributed by atoms with van der Waals surface area (Å²) < 4.78 is 0. The number of halogens is 1. The highest BCUT2D eigenvalue weighted by molar-refractivity contribution is 14.0. The van der Waals surface area contributed by atoms with Crippen LogP contribution in [0.2, 0.25) is 0 Å². The maximum atomic E-state index is 6.09. The van der Waals surface area contributed by atoms with E-state index in [9.17, 15) is 0 Å². The Labute approximate surface area is 144 Å². The second-order valence-corrected chi connectivity index (χ2v) is 5.75. The van der Waals surface area contributed by atoms with E-state index in [-0.39, 0.29) is 24.0 Å². The van der Waals surface area contributed by atoms with E-state index in [1.54, 1.807) is 0 Å². The van der Waals surface area contributed by atoms with Gasteiger partial charge < -0.3 is 15.5 Å². The Morgan fingerprint density at radius 2 is 2.24 bits per heavy atom. The van der Waals surface area contributed by atoms with Gasteiger partial charge in [0.05, 0.1) is 12.2 Å². The quantitative estimate of drug-likeness (QED) is 0.478. The highest BCUT2D eigenvalue weighted by Gasteiger charge is 2.17. The number of nitrogens with zero attached hydrogens (tertiary/aromatic N) is 4. The van der Waals surface area contributed by atoms with Crippen LogP contribution in [0.4, 0.5) is 5.82 Å². The number of piperidine rings is 1. The van der Waals surface area contributed by atoms with E-state index in [4.69, 9.17) is 5.73 Å². The Balaban J connectivity index is 0.00000220. The fraction of sp³-hybridized carbons (Fsp3) is 0.600. The number of anilines is 1. The summed E-state index contributed by atoms with van der Waals surface area (Å²) >= 11 is 0.